The van der Waals surface area contributed by atoms with Gasteiger partial charge in [0.1, 0.15) is 17.0 Å². The monoisotopic (exact) mass is 430 g/mol. The van der Waals surface area contributed by atoms with Crippen LogP contribution in [0.3, 0.4) is 0 Å². The van der Waals surface area contributed by atoms with Crippen LogP contribution in [0.4, 0.5) is 5.95 Å². The number of rotatable bonds is 4. The van der Waals surface area contributed by atoms with E-state index in [1.165, 1.54) is 0 Å². The Bertz CT molecular complexity index is 1250. The number of pyridine rings is 1. The summed E-state index contributed by atoms with van der Waals surface area (Å²) in [4.78, 5) is 11.2. The van der Waals surface area contributed by atoms with Crippen LogP contribution in [-0.4, -0.2) is 60.7 Å². The molecule has 164 valence electrons. The first kappa shape index (κ1) is 20.3. The fourth-order valence-corrected chi connectivity index (χ4v) is 4.04. The molecule has 4 aromatic rings. The predicted octanol–water partition coefficient (Wildman–Crippen LogP) is 2.72. The zero-order valence-electron chi connectivity index (χ0n) is 18.4. The molecule has 3 aromatic heterocycles. The van der Waals surface area contributed by atoms with Gasteiger partial charge in [-0.1, -0.05) is 13.8 Å². The number of nitrogens with one attached hydrogen (secondary N) is 1. The van der Waals surface area contributed by atoms with E-state index in [-0.39, 0.29) is 5.75 Å². The summed E-state index contributed by atoms with van der Waals surface area (Å²) in [6, 6.07) is 9.69. The largest absolute Gasteiger partial charge is 0.507 e. The van der Waals surface area contributed by atoms with Gasteiger partial charge in [0.2, 0.25) is 5.95 Å². The second kappa shape index (κ2) is 8.16. The van der Waals surface area contributed by atoms with Crippen LogP contribution in [0.5, 0.6) is 5.75 Å². The molecule has 1 saturated heterocycles. The molecule has 0 saturated carbocycles. The van der Waals surface area contributed by atoms with E-state index in [9.17, 15) is 5.11 Å². The van der Waals surface area contributed by atoms with Crippen molar-refractivity contribution in [3.63, 3.8) is 0 Å². The Hall–Kier alpha value is -3.59. The molecule has 1 atom stereocenters. The number of fused-ring (bicyclic) bond motifs is 1. The number of hydrogen-bond donors (Lipinski definition) is 2. The molecule has 0 unspecified atom stereocenters. The van der Waals surface area contributed by atoms with Gasteiger partial charge in [0.15, 0.2) is 0 Å². The van der Waals surface area contributed by atoms with Gasteiger partial charge in [-0.2, -0.15) is 5.10 Å². The van der Waals surface area contributed by atoms with Crippen LogP contribution >= 0.6 is 0 Å². The third-order valence-corrected chi connectivity index (χ3v) is 5.91. The number of phenols is 1. The average Bonchev–Trinajstić information content (AvgIpc) is 3.22. The Morgan fingerprint density at radius 2 is 2.00 bits per heavy atom. The molecule has 1 aromatic carbocycles. The van der Waals surface area contributed by atoms with E-state index in [1.807, 2.05) is 31.2 Å². The Kier molecular flexibility index (Phi) is 5.18. The second-order valence-electron chi connectivity index (χ2n) is 8.51. The highest BCUT2D eigenvalue weighted by atomic mass is 16.3. The van der Waals surface area contributed by atoms with Gasteiger partial charge in [0, 0.05) is 43.0 Å². The van der Waals surface area contributed by atoms with E-state index in [0.29, 0.717) is 29.2 Å². The number of aromatic hydroxyl groups is 1. The van der Waals surface area contributed by atoms with E-state index in [2.05, 4.69) is 49.3 Å². The molecule has 0 amide bonds. The maximum Gasteiger partial charge on any atom is 0.245 e. The molecule has 9 heteroatoms. The van der Waals surface area contributed by atoms with Gasteiger partial charge < -0.3 is 15.3 Å². The van der Waals surface area contributed by atoms with Gasteiger partial charge in [-0.05, 0) is 37.1 Å². The summed E-state index contributed by atoms with van der Waals surface area (Å²) < 4.78 is 1.76. The first-order valence-corrected chi connectivity index (χ1v) is 10.8. The van der Waals surface area contributed by atoms with E-state index >= 15 is 0 Å². The van der Waals surface area contributed by atoms with Crippen LogP contribution in [-0.2, 0) is 0 Å². The zero-order chi connectivity index (χ0) is 22.2. The Morgan fingerprint density at radius 3 is 2.75 bits per heavy atom. The number of aryl methyl sites for hydroxylation is 1. The Labute approximate surface area is 186 Å². The molecule has 0 bridgehead atoms. The SMILES string of the molecule is Cc1ccc2c(cnn2-c2ccc(-c3cnc(N4CCN[C@@H](C(C)C)C4)nn3)c(O)c2)n1. The lowest BCUT2D eigenvalue weighted by Gasteiger charge is -2.35. The molecule has 1 aliphatic rings. The lowest BCUT2D eigenvalue weighted by molar-refractivity contribution is 0.365. The summed E-state index contributed by atoms with van der Waals surface area (Å²) in [5.74, 6) is 1.24. The standard InChI is InChI=1S/C23H26N8O/c1-14(2)20-13-30(9-8-24-20)23-25-11-18(28-29-23)17-6-5-16(10-22(17)32)31-21-7-4-15(3)27-19(21)12-26-31/h4-7,10-12,14,20,24,32H,8-9,13H2,1-3H3/t20-/m1/s1. The molecule has 2 N–H and O–H groups in total. The molecule has 5 rings (SSSR count). The van der Waals surface area contributed by atoms with E-state index in [4.69, 9.17) is 0 Å². The number of anilines is 1. The Balaban J connectivity index is 1.39. The van der Waals surface area contributed by atoms with Gasteiger partial charge in [0.05, 0.1) is 23.6 Å². The van der Waals surface area contributed by atoms with E-state index < -0.39 is 0 Å². The highest BCUT2D eigenvalue weighted by Gasteiger charge is 2.23. The van der Waals surface area contributed by atoms with Crippen molar-refractivity contribution in [3.05, 3.63) is 48.4 Å². The van der Waals surface area contributed by atoms with Gasteiger partial charge >= 0.3 is 0 Å². The predicted molar refractivity (Wildman–Crippen MR) is 123 cm³/mol. The maximum atomic E-state index is 10.7. The van der Waals surface area contributed by atoms with Crippen molar-refractivity contribution in [2.45, 2.75) is 26.8 Å². The number of aromatic nitrogens is 6. The highest BCUT2D eigenvalue weighted by Crippen LogP contribution is 2.30. The summed E-state index contributed by atoms with van der Waals surface area (Å²) in [6.07, 6.45) is 3.39. The van der Waals surface area contributed by atoms with Crippen molar-refractivity contribution in [2.24, 2.45) is 5.92 Å². The van der Waals surface area contributed by atoms with Crippen molar-refractivity contribution in [2.75, 3.05) is 24.5 Å². The minimum absolute atomic E-state index is 0.0946. The molecule has 1 aliphatic heterocycles. The lowest BCUT2D eigenvalue weighted by atomic mass is 10.0. The molecular weight excluding hydrogens is 404 g/mol. The summed E-state index contributed by atoms with van der Waals surface area (Å²) >= 11 is 0. The molecular formula is C23H26N8O. The molecule has 0 aliphatic carbocycles. The summed E-state index contributed by atoms with van der Waals surface area (Å²) in [5.41, 5.74) is 4.47. The van der Waals surface area contributed by atoms with Crippen LogP contribution in [0.2, 0.25) is 0 Å². The topological polar surface area (TPSA) is 105 Å². The van der Waals surface area contributed by atoms with Crippen molar-refractivity contribution >= 4 is 17.0 Å². The van der Waals surface area contributed by atoms with Gasteiger partial charge in [-0.3, -0.25) is 0 Å². The average molecular weight is 431 g/mol. The molecule has 1 fully saturated rings. The van der Waals surface area contributed by atoms with Crippen LogP contribution < -0.4 is 10.2 Å². The van der Waals surface area contributed by atoms with E-state index in [0.717, 1.165) is 42.0 Å². The second-order valence-corrected chi connectivity index (χ2v) is 8.51. The highest BCUT2D eigenvalue weighted by molar-refractivity contribution is 5.77. The number of phenolic OH excluding ortho intramolecular Hbond substituents is 1. The first-order valence-electron chi connectivity index (χ1n) is 10.8. The van der Waals surface area contributed by atoms with Crippen molar-refractivity contribution in [1.29, 1.82) is 0 Å². The van der Waals surface area contributed by atoms with Crippen molar-refractivity contribution < 1.29 is 5.11 Å². The minimum Gasteiger partial charge on any atom is -0.507 e. The number of nitrogens with zero attached hydrogens (tertiary/aromatic N) is 7. The molecule has 32 heavy (non-hydrogen) atoms. The fourth-order valence-electron chi connectivity index (χ4n) is 4.04. The quantitative estimate of drug-likeness (QED) is 0.509. The summed E-state index contributed by atoms with van der Waals surface area (Å²) in [5, 5.41) is 27.3. The number of benzene rings is 1. The van der Waals surface area contributed by atoms with Crippen LogP contribution in [0.15, 0.2) is 42.7 Å². The number of piperazine rings is 1. The van der Waals surface area contributed by atoms with E-state index in [1.54, 1.807) is 23.1 Å². The summed E-state index contributed by atoms with van der Waals surface area (Å²) in [6.45, 7) is 8.95. The molecule has 9 nitrogen and oxygen atoms in total. The first-order chi connectivity index (χ1) is 15.5. The number of hydrogen-bond acceptors (Lipinski definition) is 8. The van der Waals surface area contributed by atoms with Gasteiger partial charge in [0.25, 0.3) is 0 Å². The normalized spacial score (nSPS) is 16.8. The molecule has 4 heterocycles. The van der Waals surface area contributed by atoms with Gasteiger partial charge in [-0.25, -0.2) is 14.6 Å². The molecule has 0 radical (unpaired) electrons. The van der Waals surface area contributed by atoms with Gasteiger partial charge in [-0.15, -0.1) is 10.2 Å². The lowest BCUT2D eigenvalue weighted by Crippen LogP contribution is -2.53. The fraction of sp³-hybridized carbons (Fsp3) is 0.348. The smallest absolute Gasteiger partial charge is 0.245 e. The van der Waals surface area contributed by atoms with Crippen molar-refractivity contribution in [3.8, 4) is 22.7 Å². The Morgan fingerprint density at radius 1 is 1.12 bits per heavy atom. The summed E-state index contributed by atoms with van der Waals surface area (Å²) in [7, 11) is 0. The van der Waals surface area contributed by atoms with Crippen molar-refractivity contribution in [1.82, 2.24) is 35.3 Å². The minimum atomic E-state index is 0.0946. The van der Waals surface area contributed by atoms with Crippen LogP contribution in [0.1, 0.15) is 19.5 Å². The molecule has 0 spiro atoms. The zero-order valence-corrected chi connectivity index (χ0v) is 18.4. The third kappa shape index (κ3) is 3.75. The maximum absolute atomic E-state index is 10.7. The van der Waals surface area contributed by atoms with Crippen LogP contribution in [0, 0.1) is 12.8 Å². The third-order valence-electron chi connectivity index (χ3n) is 5.91. The van der Waals surface area contributed by atoms with Crippen LogP contribution in [0.25, 0.3) is 28.0 Å².